The molecule has 0 radical (unpaired) electrons. The first kappa shape index (κ1) is 11.7. The highest BCUT2D eigenvalue weighted by Gasteiger charge is 2.07. The number of rotatable bonds is 3. The molecule has 0 aliphatic heterocycles. The lowest BCUT2D eigenvalue weighted by Gasteiger charge is -2.07. The van der Waals surface area contributed by atoms with E-state index in [1.807, 2.05) is 12.1 Å². The van der Waals surface area contributed by atoms with Crippen molar-refractivity contribution in [2.24, 2.45) is 0 Å². The number of fused-ring (bicyclic) bond motifs is 1. The highest BCUT2D eigenvalue weighted by Crippen LogP contribution is 2.30. The fraction of sp³-hybridized carbons (Fsp3) is 0.231. The molecule has 3 nitrogen and oxygen atoms in total. The molecule has 86 valence electrons. The molecule has 0 N–H and O–H groups in total. The number of ether oxygens (including phenoxy) is 1. The van der Waals surface area contributed by atoms with Crippen molar-refractivity contribution in [3.05, 3.63) is 35.0 Å². The molecule has 0 saturated carbocycles. The first-order valence-electron chi connectivity index (χ1n) is 5.25. The van der Waals surface area contributed by atoms with Crippen LogP contribution in [0.15, 0.2) is 24.3 Å². The van der Waals surface area contributed by atoms with Crippen LogP contribution in [0.3, 0.4) is 0 Å². The van der Waals surface area contributed by atoms with Gasteiger partial charge in [-0.2, -0.15) is 5.26 Å². The van der Waals surface area contributed by atoms with Crippen LogP contribution in [0.5, 0.6) is 5.75 Å². The Balaban J connectivity index is 2.55. The number of benzene rings is 1. The van der Waals surface area contributed by atoms with Crippen LogP contribution in [0.2, 0.25) is 5.02 Å². The van der Waals surface area contributed by atoms with Gasteiger partial charge in [-0.3, -0.25) is 0 Å². The van der Waals surface area contributed by atoms with Gasteiger partial charge in [0.05, 0.1) is 18.2 Å². The average Bonchev–Trinajstić information content (AvgIpc) is 2.37. The third-order valence-corrected chi connectivity index (χ3v) is 2.87. The molecule has 0 aliphatic carbocycles. The molecule has 0 spiro atoms. The van der Waals surface area contributed by atoms with Gasteiger partial charge in [0.1, 0.15) is 11.3 Å². The number of pyridine rings is 1. The zero-order chi connectivity index (χ0) is 12.3. The Morgan fingerprint density at radius 3 is 2.88 bits per heavy atom. The Labute approximate surface area is 105 Å². The molecule has 0 aliphatic rings. The summed E-state index contributed by atoms with van der Waals surface area (Å²) in [5.41, 5.74) is 1.62. The van der Waals surface area contributed by atoms with Gasteiger partial charge in [0, 0.05) is 23.9 Å². The number of nitriles is 1. The minimum atomic E-state index is 0.460. The van der Waals surface area contributed by atoms with Crippen LogP contribution in [-0.2, 0) is 6.42 Å². The molecule has 0 saturated heterocycles. The first-order chi connectivity index (χ1) is 8.26. The van der Waals surface area contributed by atoms with Gasteiger partial charge in [-0.25, -0.2) is 4.98 Å². The number of halogens is 1. The fourth-order valence-corrected chi connectivity index (χ4v) is 1.90. The molecule has 4 heteroatoms. The number of aromatic nitrogens is 1. The maximum absolute atomic E-state index is 8.56. The number of methoxy groups -OCH3 is 1. The van der Waals surface area contributed by atoms with Gasteiger partial charge in [0.25, 0.3) is 0 Å². The highest BCUT2D eigenvalue weighted by atomic mass is 35.5. The molecule has 0 atom stereocenters. The van der Waals surface area contributed by atoms with Crippen molar-refractivity contribution in [1.82, 2.24) is 4.98 Å². The molecule has 0 bridgehead atoms. The van der Waals surface area contributed by atoms with Crippen LogP contribution >= 0.6 is 11.6 Å². The predicted octanol–water partition coefficient (Wildman–Crippen LogP) is 3.35. The van der Waals surface area contributed by atoms with Crippen molar-refractivity contribution in [3.8, 4) is 11.8 Å². The summed E-state index contributed by atoms with van der Waals surface area (Å²) in [7, 11) is 1.60. The molecule has 2 aromatic rings. The van der Waals surface area contributed by atoms with Crippen LogP contribution < -0.4 is 4.74 Å². The summed E-state index contributed by atoms with van der Waals surface area (Å²) in [5.74, 6) is 0.697. The molecule has 1 aromatic heterocycles. The third-order valence-electron chi connectivity index (χ3n) is 2.54. The minimum absolute atomic E-state index is 0.460. The highest BCUT2D eigenvalue weighted by molar-refractivity contribution is 6.35. The van der Waals surface area contributed by atoms with Crippen molar-refractivity contribution < 1.29 is 4.74 Å². The molecule has 1 aromatic carbocycles. The second kappa shape index (κ2) is 5.03. The van der Waals surface area contributed by atoms with Crippen LogP contribution in [0.25, 0.3) is 10.9 Å². The average molecular weight is 247 g/mol. The van der Waals surface area contributed by atoms with Gasteiger partial charge < -0.3 is 4.74 Å². The van der Waals surface area contributed by atoms with Gasteiger partial charge in [-0.05, 0) is 24.3 Å². The molecule has 0 amide bonds. The second-order valence-electron chi connectivity index (χ2n) is 3.61. The topological polar surface area (TPSA) is 45.9 Å². The number of hydrogen-bond donors (Lipinski definition) is 0. The van der Waals surface area contributed by atoms with E-state index in [2.05, 4.69) is 11.1 Å². The second-order valence-corrected chi connectivity index (χ2v) is 4.01. The number of hydrogen-bond acceptors (Lipinski definition) is 3. The van der Waals surface area contributed by atoms with E-state index in [-0.39, 0.29) is 0 Å². The molecule has 2 rings (SSSR count). The monoisotopic (exact) mass is 246 g/mol. The van der Waals surface area contributed by atoms with E-state index in [1.165, 1.54) is 0 Å². The lowest BCUT2D eigenvalue weighted by atomic mass is 10.1. The van der Waals surface area contributed by atoms with Gasteiger partial charge in [0.2, 0.25) is 0 Å². The lowest BCUT2D eigenvalue weighted by molar-refractivity contribution is 0.419. The summed E-state index contributed by atoms with van der Waals surface area (Å²) >= 11 is 6.09. The standard InChI is InChI=1S/C13H11ClN2O/c1-17-12-7-6-11(14)10-5-4-9(3-2-8-15)16-13(10)12/h4-7H,2-3H2,1H3. The van der Waals surface area contributed by atoms with Crippen molar-refractivity contribution in [1.29, 1.82) is 5.26 Å². The third kappa shape index (κ3) is 2.32. The quantitative estimate of drug-likeness (QED) is 0.834. The molecule has 17 heavy (non-hydrogen) atoms. The van der Waals surface area contributed by atoms with E-state index in [0.29, 0.717) is 23.6 Å². The summed E-state index contributed by atoms with van der Waals surface area (Å²) in [6.45, 7) is 0. The molecular weight excluding hydrogens is 236 g/mol. The summed E-state index contributed by atoms with van der Waals surface area (Å²) in [6, 6.07) is 9.51. The van der Waals surface area contributed by atoms with Crippen molar-refractivity contribution in [2.75, 3.05) is 7.11 Å². The largest absolute Gasteiger partial charge is 0.494 e. The van der Waals surface area contributed by atoms with E-state index in [9.17, 15) is 0 Å². The minimum Gasteiger partial charge on any atom is -0.494 e. The maximum atomic E-state index is 8.56. The van der Waals surface area contributed by atoms with E-state index in [1.54, 1.807) is 19.2 Å². The Hall–Kier alpha value is -1.79. The van der Waals surface area contributed by atoms with Crippen LogP contribution in [-0.4, -0.2) is 12.1 Å². The molecule has 1 heterocycles. The van der Waals surface area contributed by atoms with E-state index in [0.717, 1.165) is 16.6 Å². The van der Waals surface area contributed by atoms with Crippen molar-refractivity contribution in [3.63, 3.8) is 0 Å². The summed E-state index contributed by atoms with van der Waals surface area (Å²) in [4.78, 5) is 4.48. The molecule has 0 unspecified atom stereocenters. The zero-order valence-electron chi connectivity index (χ0n) is 9.40. The number of nitrogens with zero attached hydrogens (tertiary/aromatic N) is 2. The molecular formula is C13H11ClN2O. The zero-order valence-corrected chi connectivity index (χ0v) is 10.2. The van der Waals surface area contributed by atoms with Crippen molar-refractivity contribution in [2.45, 2.75) is 12.8 Å². The Bertz CT molecular complexity index is 590. The summed E-state index contributed by atoms with van der Waals surface area (Å²) in [5, 5.41) is 10.1. The van der Waals surface area contributed by atoms with Crippen LogP contribution in [0, 0.1) is 11.3 Å². The Morgan fingerprint density at radius 1 is 1.35 bits per heavy atom. The lowest BCUT2D eigenvalue weighted by Crippen LogP contribution is -1.93. The van der Waals surface area contributed by atoms with Crippen LogP contribution in [0.1, 0.15) is 12.1 Å². The normalized spacial score (nSPS) is 10.2. The van der Waals surface area contributed by atoms with Gasteiger partial charge in [-0.15, -0.1) is 0 Å². The summed E-state index contributed by atoms with van der Waals surface area (Å²) < 4.78 is 5.26. The van der Waals surface area contributed by atoms with Gasteiger partial charge in [-0.1, -0.05) is 11.6 Å². The number of aryl methyl sites for hydroxylation is 1. The van der Waals surface area contributed by atoms with E-state index < -0.39 is 0 Å². The van der Waals surface area contributed by atoms with Crippen molar-refractivity contribution >= 4 is 22.5 Å². The van der Waals surface area contributed by atoms with Crippen LogP contribution in [0.4, 0.5) is 0 Å². The predicted molar refractivity (Wildman–Crippen MR) is 67.2 cm³/mol. The maximum Gasteiger partial charge on any atom is 0.145 e. The van der Waals surface area contributed by atoms with Gasteiger partial charge >= 0.3 is 0 Å². The first-order valence-corrected chi connectivity index (χ1v) is 5.63. The Morgan fingerprint density at radius 2 is 2.18 bits per heavy atom. The molecule has 0 fully saturated rings. The fourth-order valence-electron chi connectivity index (χ4n) is 1.69. The Kier molecular flexibility index (Phi) is 3.46. The van der Waals surface area contributed by atoms with E-state index in [4.69, 9.17) is 21.6 Å². The summed E-state index contributed by atoms with van der Waals surface area (Å²) in [6.07, 6.45) is 1.10. The smallest absolute Gasteiger partial charge is 0.145 e. The van der Waals surface area contributed by atoms with Gasteiger partial charge in [0.15, 0.2) is 0 Å². The van der Waals surface area contributed by atoms with E-state index >= 15 is 0 Å². The SMILES string of the molecule is COc1ccc(Cl)c2ccc(CCC#N)nc12.